The fraction of sp³-hybridized carbons (Fsp3) is 0.0455. The van der Waals surface area contributed by atoms with Crippen molar-refractivity contribution in [2.75, 3.05) is 6.61 Å². The second kappa shape index (κ2) is 10.4. The first kappa shape index (κ1) is 21.3. The van der Waals surface area contributed by atoms with Crippen molar-refractivity contribution in [3.63, 3.8) is 0 Å². The van der Waals surface area contributed by atoms with Crippen molar-refractivity contribution in [1.82, 2.24) is 16.2 Å². The van der Waals surface area contributed by atoms with E-state index in [0.29, 0.717) is 16.3 Å². The van der Waals surface area contributed by atoms with Gasteiger partial charge in [-0.3, -0.25) is 25.8 Å². The third kappa shape index (κ3) is 6.30. The summed E-state index contributed by atoms with van der Waals surface area (Å²) < 4.78 is 5.46. The molecule has 0 saturated carbocycles. The van der Waals surface area contributed by atoms with E-state index in [2.05, 4.69) is 16.2 Å². The van der Waals surface area contributed by atoms with Crippen LogP contribution < -0.4 is 20.9 Å². The zero-order valence-electron chi connectivity index (χ0n) is 15.7. The number of amides is 2. The fourth-order valence-corrected chi connectivity index (χ4v) is 2.76. The average molecular weight is 440 g/mol. The molecule has 0 fully saturated rings. The summed E-state index contributed by atoms with van der Waals surface area (Å²) in [6.45, 7) is -0.217. The highest BCUT2D eigenvalue weighted by molar-refractivity contribution is 7.80. The zero-order valence-corrected chi connectivity index (χ0v) is 17.3. The van der Waals surface area contributed by atoms with Crippen molar-refractivity contribution in [2.24, 2.45) is 0 Å². The van der Waals surface area contributed by atoms with E-state index in [4.69, 9.17) is 28.6 Å². The summed E-state index contributed by atoms with van der Waals surface area (Å²) in [4.78, 5) is 23.9. The van der Waals surface area contributed by atoms with Crippen LogP contribution in [-0.4, -0.2) is 23.5 Å². The Morgan fingerprint density at radius 3 is 2.13 bits per heavy atom. The first-order chi connectivity index (χ1) is 14.5. The molecule has 0 aromatic heterocycles. The van der Waals surface area contributed by atoms with Crippen LogP contribution in [0.2, 0.25) is 5.02 Å². The van der Waals surface area contributed by atoms with Crippen LogP contribution >= 0.6 is 23.8 Å². The van der Waals surface area contributed by atoms with Crippen molar-refractivity contribution in [2.45, 2.75) is 0 Å². The molecular formula is C22H18ClN3O3S. The number of halogens is 1. The monoisotopic (exact) mass is 439 g/mol. The second-order valence-corrected chi connectivity index (χ2v) is 6.99. The molecule has 3 aromatic carbocycles. The quantitative estimate of drug-likeness (QED) is 0.417. The molecule has 0 unspecified atom stereocenters. The lowest BCUT2D eigenvalue weighted by Crippen LogP contribution is -2.49. The number of nitrogens with one attached hydrogen (secondary N) is 3. The zero-order chi connectivity index (χ0) is 21.3. The lowest BCUT2D eigenvalue weighted by molar-refractivity contribution is -0.123. The molecule has 0 bridgehead atoms. The van der Waals surface area contributed by atoms with Gasteiger partial charge in [0.25, 0.3) is 11.8 Å². The molecule has 0 spiro atoms. The molecule has 0 atom stereocenters. The van der Waals surface area contributed by atoms with E-state index in [1.54, 1.807) is 36.4 Å². The molecule has 2 amide bonds. The topological polar surface area (TPSA) is 79.5 Å². The van der Waals surface area contributed by atoms with Gasteiger partial charge in [-0.05, 0) is 59.7 Å². The van der Waals surface area contributed by atoms with Gasteiger partial charge in [0, 0.05) is 10.6 Å². The van der Waals surface area contributed by atoms with Gasteiger partial charge >= 0.3 is 0 Å². The van der Waals surface area contributed by atoms with Gasteiger partial charge in [-0.25, -0.2) is 0 Å². The Labute approximate surface area is 184 Å². The van der Waals surface area contributed by atoms with Gasteiger partial charge in [-0.15, -0.1) is 0 Å². The summed E-state index contributed by atoms with van der Waals surface area (Å²) in [5, 5.41) is 2.93. The summed E-state index contributed by atoms with van der Waals surface area (Å²) in [6, 6.07) is 23.7. The number of benzene rings is 3. The van der Waals surface area contributed by atoms with Crippen LogP contribution in [0.1, 0.15) is 10.4 Å². The van der Waals surface area contributed by atoms with Crippen LogP contribution in [0.15, 0.2) is 78.9 Å². The van der Waals surface area contributed by atoms with E-state index in [-0.39, 0.29) is 11.7 Å². The number of carbonyl (C=O) groups is 2. The fourth-order valence-electron chi connectivity index (χ4n) is 2.49. The Bertz CT molecular complexity index is 1030. The highest BCUT2D eigenvalue weighted by atomic mass is 35.5. The lowest BCUT2D eigenvalue weighted by atomic mass is 10.1. The van der Waals surface area contributed by atoms with E-state index in [0.717, 1.165) is 11.1 Å². The lowest BCUT2D eigenvalue weighted by Gasteiger charge is -2.11. The standard InChI is InChI=1S/C22H18ClN3O3S/c23-18-10-6-17(7-11-18)21(28)24-22(30)26-25-20(27)14-29-19-12-8-16(9-13-19)15-4-2-1-3-5-15/h1-13H,14H2,(H,25,27)(H2,24,26,28,30). The van der Waals surface area contributed by atoms with Crippen LogP contribution in [0.3, 0.4) is 0 Å². The molecule has 0 aliphatic heterocycles. The third-order valence-electron chi connectivity index (χ3n) is 3.98. The molecule has 0 aliphatic rings. The van der Waals surface area contributed by atoms with Gasteiger partial charge in [0.2, 0.25) is 0 Å². The molecule has 8 heteroatoms. The van der Waals surface area contributed by atoms with E-state index in [9.17, 15) is 9.59 Å². The third-order valence-corrected chi connectivity index (χ3v) is 4.44. The molecule has 0 heterocycles. The Balaban J connectivity index is 1.40. The number of hydrogen-bond acceptors (Lipinski definition) is 4. The van der Waals surface area contributed by atoms with Crippen molar-refractivity contribution in [3.05, 3.63) is 89.4 Å². The summed E-state index contributed by atoms with van der Waals surface area (Å²) in [6.07, 6.45) is 0. The summed E-state index contributed by atoms with van der Waals surface area (Å²) >= 11 is 10.8. The normalized spacial score (nSPS) is 10.0. The van der Waals surface area contributed by atoms with E-state index in [1.165, 1.54) is 0 Å². The Morgan fingerprint density at radius 1 is 0.833 bits per heavy atom. The van der Waals surface area contributed by atoms with Crippen molar-refractivity contribution in [3.8, 4) is 16.9 Å². The summed E-state index contributed by atoms with van der Waals surface area (Å²) in [5.74, 6) is -0.318. The number of hydrogen-bond donors (Lipinski definition) is 3. The molecule has 30 heavy (non-hydrogen) atoms. The molecule has 3 aromatic rings. The Kier molecular flexibility index (Phi) is 7.37. The Hall–Kier alpha value is -3.42. The minimum atomic E-state index is -0.453. The van der Waals surface area contributed by atoms with E-state index < -0.39 is 11.8 Å². The summed E-state index contributed by atoms with van der Waals surface area (Å²) in [5.41, 5.74) is 7.36. The highest BCUT2D eigenvalue weighted by Crippen LogP contribution is 2.21. The van der Waals surface area contributed by atoms with E-state index in [1.807, 2.05) is 42.5 Å². The molecule has 3 rings (SSSR count). The Morgan fingerprint density at radius 2 is 1.47 bits per heavy atom. The predicted octanol–water partition coefficient (Wildman–Crippen LogP) is 3.72. The molecular weight excluding hydrogens is 422 g/mol. The highest BCUT2D eigenvalue weighted by Gasteiger charge is 2.09. The molecule has 3 N–H and O–H groups in total. The van der Waals surface area contributed by atoms with Gasteiger partial charge in [0.05, 0.1) is 0 Å². The smallest absolute Gasteiger partial charge is 0.276 e. The maximum Gasteiger partial charge on any atom is 0.276 e. The number of thiocarbonyl (C=S) groups is 1. The van der Waals surface area contributed by atoms with Gasteiger partial charge < -0.3 is 4.74 Å². The molecule has 6 nitrogen and oxygen atoms in total. The van der Waals surface area contributed by atoms with Gasteiger partial charge in [0.15, 0.2) is 11.7 Å². The van der Waals surface area contributed by atoms with Crippen LogP contribution in [0.4, 0.5) is 0 Å². The molecule has 0 radical (unpaired) electrons. The number of carbonyl (C=O) groups excluding carboxylic acids is 2. The molecule has 0 saturated heterocycles. The first-order valence-corrected chi connectivity index (χ1v) is 9.74. The second-order valence-electron chi connectivity index (χ2n) is 6.14. The van der Waals surface area contributed by atoms with Crippen LogP contribution in [0, 0.1) is 0 Å². The van der Waals surface area contributed by atoms with Gasteiger partial charge in [0.1, 0.15) is 5.75 Å². The maximum atomic E-state index is 12.0. The van der Waals surface area contributed by atoms with Crippen LogP contribution in [0.5, 0.6) is 5.75 Å². The minimum Gasteiger partial charge on any atom is -0.484 e. The van der Waals surface area contributed by atoms with Crippen molar-refractivity contribution < 1.29 is 14.3 Å². The minimum absolute atomic E-state index is 0.0458. The number of hydrazine groups is 1. The largest absolute Gasteiger partial charge is 0.484 e. The predicted molar refractivity (Wildman–Crippen MR) is 120 cm³/mol. The van der Waals surface area contributed by atoms with Crippen LogP contribution in [0.25, 0.3) is 11.1 Å². The van der Waals surface area contributed by atoms with Crippen molar-refractivity contribution >= 4 is 40.7 Å². The number of ether oxygens (including phenoxy) is 1. The average Bonchev–Trinajstić information content (AvgIpc) is 2.77. The summed E-state index contributed by atoms with van der Waals surface area (Å²) in [7, 11) is 0. The maximum absolute atomic E-state index is 12.0. The van der Waals surface area contributed by atoms with E-state index >= 15 is 0 Å². The van der Waals surface area contributed by atoms with Crippen molar-refractivity contribution in [1.29, 1.82) is 0 Å². The van der Waals surface area contributed by atoms with Gasteiger partial charge in [-0.1, -0.05) is 54.1 Å². The first-order valence-electron chi connectivity index (χ1n) is 8.95. The number of rotatable bonds is 5. The SMILES string of the molecule is O=C(COc1ccc(-c2ccccc2)cc1)NNC(=S)NC(=O)c1ccc(Cl)cc1. The van der Waals surface area contributed by atoms with Gasteiger partial charge in [-0.2, -0.15) is 0 Å². The molecule has 0 aliphatic carbocycles. The van der Waals surface area contributed by atoms with Crippen LogP contribution in [-0.2, 0) is 4.79 Å². The molecule has 152 valence electrons.